The van der Waals surface area contributed by atoms with E-state index in [4.69, 9.17) is 12.2 Å². The molecule has 0 unspecified atom stereocenters. The molecule has 18 heavy (non-hydrogen) atoms. The number of halogens is 3. The Labute approximate surface area is 105 Å². The van der Waals surface area contributed by atoms with E-state index in [9.17, 15) is 13.2 Å². The average Bonchev–Trinajstić information content (AvgIpc) is 3.09. The van der Waals surface area contributed by atoms with Gasteiger partial charge in [-0.2, -0.15) is 5.10 Å². The fraction of sp³-hybridized carbons (Fsp3) is 0.273. The molecule has 1 heterocycles. The van der Waals surface area contributed by atoms with Crippen molar-refractivity contribution in [2.24, 2.45) is 0 Å². The molecule has 0 amide bonds. The Hall–Kier alpha value is -1.63. The van der Waals surface area contributed by atoms with Crippen LogP contribution in [0.2, 0.25) is 0 Å². The smallest absolute Gasteiger partial charge is 0.199 e. The van der Waals surface area contributed by atoms with Crippen molar-refractivity contribution >= 4 is 12.2 Å². The molecule has 1 aromatic heterocycles. The molecule has 94 valence electrons. The standard InChI is InChI=1S/C11H8F3N3S/c12-6-3-8(14)9(4-7(6)13)17-10(5-1-2-5)15-16-11(17)18/h3-5H,1-2H2,(H,16,18). The fourth-order valence-electron chi connectivity index (χ4n) is 1.84. The lowest BCUT2D eigenvalue weighted by molar-refractivity contribution is 0.492. The molecule has 1 aliphatic carbocycles. The van der Waals surface area contributed by atoms with Crippen LogP contribution in [0.1, 0.15) is 24.6 Å². The van der Waals surface area contributed by atoms with Crippen LogP contribution < -0.4 is 0 Å². The van der Waals surface area contributed by atoms with Crippen molar-refractivity contribution in [3.8, 4) is 5.69 Å². The maximum Gasteiger partial charge on any atom is 0.199 e. The van der Waals surface area contributed by atoms with E-state index in [1.165, 1.54) is 4.57 Å². The minimum atomic E-state index is -1.22. The largest absolute Gasteiger partial charge is 0.269 e. The lowest BCUT2D eigenvalue weighted by Gasteiger charge is -2.07. The van der Waals surface area contributed by atoms with Crippen molar-refractivity contribution < 1.29 is 13.2 Å². The summed E-state index contributed by atoms with van der Waals surface area (Å²) in [5.41, 5.74) is -0.116. The summed E-state index contributed by atoms with van der Waals surface area (Å²) in [6.07, 6.45) is 1.87. The van der Waals surface area contributed by atoms with E-state index in [2.05, 4.69) is 10.2 Å². The second kappa shape index (κ2) is 3.94. The third kappa shape index (κ3) is 1.74. The number of hydrogen-bond donors (Lipinski definition) is 1. The van der Waals surface area contributed by atoms with Crippen LogP contribution >= 0.6 is 12.2 Å². The SMILES string of the molecule is Fc1cc(F)c(-n2c(C3CC3)n[nH]c2=S)cc1F. The Morgan fingerprint density at radius 1 is 1.17 bits per heavy atom. The van der Waals surface area contributed by atoms with Crippen molar-refractivity contribution in [1.82, 2.24) is 14.8 Å². The molecule has 1 N–H and O–H groups in total. The van der Waals surface area contributed by atoms with Crippen LogP contribution in [0.4, 0.5) is 13.2 Å². The normalized spacial score (nSPS) is 15.1. The van der Waals surface area contributed by atoms with E-state index < -0.39 is 17.5 Å². The lowest BCUT2D eigenvalue weighted by Crippen LogP contribution is -2.04. The molecule has 2 aromatic rings. The molecule has 0 bridgehead atoms. The quantitative estimate of drug-likeness (QED) is 0.672. The molecular weight excluding hydrogens is 263 g/mol. The van der Waals surface area contributed by atoms with Crippen molar-refractivity contribution in [3.63, 3.8) is 0 Å². The van der Waals surface area contributed by atoms with Gasteiger partial charge in [-0.15, -0.1) is 0 Å². The Balaban J connectivity index is 2.23. The monoisotopic (exact) mass is 271 g/mol. The summed E-state index contributed by atoms with van der Waals surface area (Å²) in [7, 11) is 0. The summed E-state index contributed by atoms with van der Waals surface area (Å²) < 4.78 is 41.3. The van der Waals surface area contributed by atoms with E-state index in [0.29, 0.717) is 11.9 Å². The number of hydrogen-bond acceptors (Lipinski definition) is 2. The van der Waals surface area contributed by atoms with E-state index >= 15 is 0 Å². The van der Waals surface area contributed by atoms with Crippen LogP contribution in [0.3, 0.4) is 0 Å². The average molecular weight is 271 g/mol. The van der Waals surface area contributed by atoms with Gasteiger partial charge in [0.15, 0.2) is 16.4 Å². The van der Waals surface area contributed by atoms with E-state index in [1.54, 1.807) is 0 Å². The summed E-state index contributed by atoms with van der Waals surface area (Å²) in [5.74, 6) is -2.45. The number of aromatic amines is 1. The van der Waals surface area contributed by atoms with Gasteiger partial charge in [0.05, 0.1) is 5.69 Å². The van der Waals surface area contributed by atoms with Gasteiger partial charge in [-0.25, -0.2) is 13.2 Å². The number of aromatic nitrogens is 3. The Bertz CT molecular complexity index is 673. The van der Waals surface area contributed by atoms with Crippen LogP contribution in [0, 0.1) is 22.2 Å². The minimum Gasteiger partial charge on any atom is -0.269 e. The molecule has 7 heteroatoms. The van der Waals surface area contributed by atoms with E-state index in [0.717, 1.165) is 18.9 Å². The summed E-state index contributed by atoms with van der Waals surface area (Å²) in [4.78, 5) is 0. The number of benzene rings is 1. The molecule has 1 aliphatic rings. The zero-order valence-corrected chi connectivity index (χ0v) is 9.90. The van der Waals surface area contributed by atoms with Gasteiger partial charge in [-0.3, -0.25) is 9.67 Å². The third-order valence-electron chi connectivity index (χ3n) is 2.87. The van der Waals surface area contributed by atoms with Crippen molar-refractivity contribution in [2.45, 2.75) is 18.8 Å². The predicted octanol–water partition coefficient (Wildman–Crippen LogP) is 3.22. The highest BCUT2D eigenvalue weighted by molar-refractivity contribution is 7.71. The molecule has 0 saturated heterocycles. The minimum absolute atomic E-state index is 0.116. The van der Waals surface area contributed by atoms with Crippen molar-refractivity contribution in [3.05, 3.63) is 40.2 Å². The van der Waals surface area contributed by atoms with Crippen LogP contribution in [-0.2, 0) is 0 Å². The molecular formula is C11H8F3N3S. The van der Waals surface area contributed by atoms with Gasteiger partial charge in [0.2, 0.25) is 0 Å². The number of nitrogens with zero attached hydrogens (tertiary/aromatic N) is 2. The predicted molar refractivity (Wildman–Crippen MR) is 60.6 cm³/mol. The first-order valence-electron chi connectivity index (χ1n) is 5.40. The Morgan fingerprint density at radius 2 is 1.83 bits per heavy atom. The van der Waals surface area contributed by atoms with E-state index in [1.807, 2.05) is 0 Å². The maximum atomic E-state index is 13.7. The van der Waals surface area contributed by atoms with Gasteiger partial charge in [-0.1, -0.05) is 0 Å². The van der Waals surface area contributed by atoms with E-state index in [-0.39, 0.29) is 16.4 Å². The van der Waals surface area contributed by atoms with Gasteiger partial charge in [0, 0.05) is 18.1 Å². The highest BCUT2D eigenvalue weighted by atomic mass is 32.1. The molecule has 0 atom stereocenters. The van der Waals surface area contributed by atoms with Crippen LogP contribution in [0.25, 0.3) is 5.69 Å². The molecule has 3 nitrogen and oxygen atoms in total. The van der Waals surface area contributed by atoms with Gasteiger partial charge < -0.3 is 0 Å². The highest BCUT2D eigenvalue weighted by Gasteiger charge is 2.30. The van der Waals surface area contributed by atoms with Gasteiger partial charge >= 0.3 is 0 Å². The molecule has 3 rings (SSSR count). The van der Waals surface area contributed by atoms with Gasteiger partial charge in [0.25, 0.3) is 0 Å². The Kier molecular flexibility index (Phi) is 2.51. The first-order valence-corrected chi connectivity index (χ1v) is 5.81. The topological polar surface area (TPSA) is 33.6 Å². The first-order chi connectivity index (χ1) is 8.58. The molecule has 1 fully saturated rings. The molecule has 0 aliphatic heterocycles. The summed E-state index contributed by atoms with van der Waals surface area (Å²) >= 11 is 5.00. The zero-order chi connectivity index (χ0) is 12.9. The Morgan fingerprint density at radius 3 is 2.50 bits per heavy atom. The summed E-state index contributed by atoms with van der Waals surface area (Å²) in [5, 5.41) is 6.56. The number of nitrogens with one attached hydrogen (secondary N) is 1. The molecule has 1 saturated carbocycles. The van der Waals surface area contributed by atoms with Crippen LogP contribution in [0.15, 0.2) is 12.1 Å². The first kappa shape index (κ1) is 11.5. The third-order valence-corrected chi connectivity index (χ3v) is 3.15. The van der Waals surface area contributed by atoms with Crippen molar-refractivity contribution in [1.29, 1.82) is 0 Å². The van der Waals surface area contributed by atoms with Gasteiger partial charge in [-0.05, 0) is 25.1 Å². The number of rotatable bonds is 2. The van der Waals surface area contributed by atoms with Crippen molar-refractivity contribution in [2.75, 3.05) is 0 Å². The maximum absolute atomic E-state index is 13.7. The fourth-order valence-corrected chi connectivity index (χ4v) is 2.08. The number of H-pyrrole nitrogens is 1. The van der Waals surface area contributed by atoms with Crippen LogP contribution in [-0.4, -0.2) is 14.8 Å². The highest BCUT2D eigenvalue weighted by Crippen LogP contribution is 2.40. The summed E-state index contributed by atoms with van der Waals surface area (Å²) in [6.45, 7) is 0. The van der Waals surface area contributed by atoms with Gasteiger partial charge in [0.1, 0.15) is 11.6 Å². The second-order valence-electron chi connectivity index (χ2n) is 4.21. The second-order valence-corrected chi connectivity index (χ2v) is 4.60. The molecule has 0 spiro atoms. The molecule has 0 radical (unpaired) electrons. The van der Waals surface area contributed by atoms with Crippen LogP contribution in [0.5, 0.6) is 0 Å². The lowest BCUT2D eigenvalue weighted by atomic mass is 10.2. The zero-order valence-electron chi connectivity index (χ0n) is 9.08. The molecule has 1 aromatic carbocycles. The summed E-state index contributed by atoms with van der Waals surface area (Å²) in [6, 6.07) is 1.30.